The van der Waals surface area contributed by atoms with Crippen LogP contribution in [0.3, 0.4) is 0 Å². The van der Waals surface area contributed by atoms with Gasteiger partial charge >= 0.3 is 0 Å². The minimum atomic E-state index is 0.239. The summed E-state index contributed by atoms with van der Waals surface area (Å²) in [5.74, 6) is 0.750. The molecule has 0 fully saturated rings. The molecular formula is C20H20N4O3. The zero-order chi connectivity index (χ0) is 19.1. The van der Waals surface area contributed by atoms with Crippen molar-refractivity contribution in [2.24, 2.45) is 0 Å². The van der Waals surface area contributed by atoms with Crippen LogP contribution in [0.15, 0.2) is 42.9 Å². The fourth-order valence-corrected chi connectivity index (χ4v) is 2.56. The van der Waals surface area contributed by atoms with E-state index in [4.69, 9.17) is 9.47 Å². The minimum Gasteiger partial charge on any atom is -0.486 e. The topological polar surface area (TPSA) is 79.1 Å². The Kier molecular flexibility index (Phi) is 6.14. The van der Waals surface area contributed by atoms with Crippen LogP contribution >= 0.6 is 0 Å². The molecule has 0 unspecified atom stereocenters. The van der Waals surface area contributed by atoms with Crippen molar-refractivity contribution in [1.29, 1.82) is 0 Å². The summed E-state index contributed by atoms with van der Waals surface area (Å²) in [7, 11) is 1.50. The first-order chi connectivity index (χ1) is 13.3. The predicted octanol–water partition coefficient (Wildman–Crippen LogP) is 3.36. The number of hydrogen-bond donors (Lipinski definition) is 0. The number of pyridine rings is 2. The second-order valence-electron chi connectivity index (χ2n) is 5.67. The monoisotopic (exact) mass is 364 g/mol. The summed E-state index contributed by atoms with van der Waals surface area (Å²) in [5.41, 5.74) is 2.90. The van der Waals surface area contributed by atoms with E-state index in [1.165, 1.54) is 19.4 Å². The smallest absolute Gasteiger partial charge is 0.213 e. The van der Waals surface area contributed by atoms with Crippen molar-refractivity contribution in [3.05, 3.63) is 66.9 Å². The lowest BCUT2D eigenvalue weighted by Crippen LogP contribution is -2.05. The number of carbonyl (C=O) groups excluding carboxylic acids is 1. The summed E-state index contributed by atoms with van der Waals surface area (Å²) in [6.07, 6.45) is 8.51. The molecule has 0 amide bonds. The van der Waals surface area contributed by atoms with Gasteiger partial charge in [-0.1, -0.05) is 13.0 Å². The Morgan fingerprint density at radius 2 is 2.11 bits per heavy atom. The van der Waals surface area contributed by atoms with Gasteiger partial charge in [0.25, 0.3) is 0 Å². The fourth-order valence-electron chi connectivity index (χ4n) is 2.56. The zero-order valence-corrected chi connectivity index (χ0v) is 15.2. The summed E-state index contributed by atoms with van der Waals surface area (Å²) < 4.78 is 12.7. The zero-order valence-electron chi connectivity index (χ0n) is 15.2. The van der Waals surface area contributed by atoms with Gasteiger partial charge in [0.05, 0.1) is 36.8 Å². The molecule has 2 radical (unpaired) electrons. The van der Waals surface area contributed by atoms with Crippen molar-refractivity contribution >= 4 is 6.29 Å². The molecule has 3 aromatic rings. The Morgan fingerprint density at radius 1 is 1.22 bits per heavy atom. The molecule has 0 aliphatic carbocycles. The van der Waals surface area contributed by atoms with Crippen molar-refractivity contribution in [2.45, 2.75) is 20.0 Å². The third-order valence-corrected chi connectivity index (χ3v) is 3.91. The number of aromatic nitrogens is 4. The number of aldehydes is 1. The number of methoxy groups -OCH3 is 1. The molecule has 0 saturated carbocycles. The number of unbranched alkanes of at least 4 members (excludes halogenated alkanes) is 1. The molecule has 138 valence electrons. The largest absolute Gasteiger partial charge is 0.486 e. The Bertz CT molecular complexity index is 908. The molecule has 7 nitrogen and oxygen atoms in total. The van der Waals surface area contributed by atoms with E-state index in [0.29, 0.717) is 17.2 Å². The molecule has 3 rings (SSSR count). The predicted molar refractivity (Wildman–Crippen MR) is 100 cm³/mol. The van der Waals surface area contributed by atoms with Crippen LogP contribution in [0, 0.1) is 13.0 Å². The van der Waals surface area contributed by atoms with Gasteiger partial charge in [0, 0.05) is 24.0 Å². The Balaban J connectivity index is 1.84. The lowest BCUT2D eigenvalue weighted by Gasteiger charge is -2.13. The van der Waals surface area contributed by atoms with E-state index >= 15 is 0 Å². The molecule has 3 aromatic heterocycles. The Hall–Kier alpha value is -3.22. The normalized spacial score (nSPS) is 10.6. The van der Waals surface area contributed by atoms with Crippen molar-refractivity contribution in [1.82, 2.24) is 19.7 Å². The molecule has 7 heteroatoms. The van der Waals surface area contributed by atoms with Crippen LogP contribution in [0.25, 0.3) is 11.4 Å². The number of rotatable bonds is 9. The van der Waals surface area contributed by atoms with Crippen LogP contribution in [0.4, 0.5) is 0 Å². The fraction of sp³-hybridized carbons (Fsp3) is 0.200. The van der Waals surface area contributed by atoms with E-state index in [0.717, 1.165) is 29.7 Å². The molecule has 0 saturated heterocycles. The van der Waals surface area contributed by atoms with Crippen molar-refractivity contribution in [2.75, 3.05) is 7.11 Å². The van der Waals surface area contributed by atoms with Crippen molar-refractivity contribution in [3.63, 3.8) is 0 Å². The van der Waals surface area contributed by atoms with Gasteiger partial charge in [0.2, 0.25) is 5.88 Å². The van der Waals surface area contributed by atoms with Gasteiger partial charge in [-0.25, -0.2) is 4.98 Å². The maximum atomic E-state index is 11.3. The molecule has 0 aliphatic heterocycles. The molecule has 0 spiro atoms. The highest BCUT2D eigenvalue weighted by Crippen LogP contribution is 2.25. The highest BCUT2D eigenvalue weighted by molar-refractivity contribution is 5.79. The maximum absolute atomic E-state index is 11.3. The number of ether oxygens (including phenoxy) is 2. The van der Waals surface area contributed by atoms with Crippen LogP contribution < -0.4 is 9.47 Å². The standard InChI is InChI=1S/C20H20N4O3/c1-3-4-10-24-17(7-9-23-24)20-15(6-5-8-21-20)14-27-18-12-22-19(26-2)11-16(18)13-25/h3,5-13H,4,14H2,1-2H3. The lowest BCUT2D eigenvalue weighted by molar-refractivity contribution is 0.111. The Morgan fingerprint density at radius 3 is 2.89 bits per heavy atom. The average molecular weight is 364 g/mol. The number of nitrogens with zero attached hydrogens (tertiary/aromatic N) is 4. The van der Waals surface area contributed by atoms with Gasteiger partial charge in [0.1, 0.15) is 12.4 Å². The van der Waals surface area contributed by atoms with Gasteiger partial charge < -0.3 is 9.47 Å². The molecule has 3 heterocycles. The summed E-state index contributed by atoms with van der Waals surface area (Å²) in [4.78, 5) is 19.9. The molecular weight excluding hydrogens is 344 g/mol. The molecule has 27 heavy (non-hydrogen) atoms. The summed E-state index contributed by atoms with van der Waals surface area (Å²) in [5, 5.41) is 4.33. The highest BCUT2D eigenvalue weighted by Gasteiger charge is 2.13. The van der Waals surface area contributed by atoms with Gasteiger partial charge in [-0.05, 0) is 25.0 Å². The lowest BCUT2D eigenvalue weighted by atomic mass is 10.1. The van der Waals surface area contributed by atoms with Crippen LogP contribution in [-0.2, 0) is 6.61 Å². The maximum Gasteiger partial charge on any atom is 0.213 e. The quantitative estimate of drug-likeness (QED) is 0.542. The Labute approximate surface area is 158 Å². The minimum absolute atomic E-state index is 0.239. The van der Waals surface area contributed by atoms with E-state index in [-0.39, 0.29) is 6.61 Å². The van der Waals surface area contributed by atoms with Gasteiger partial charge in [-0.3, -0.25) is 14.5 Å². The number of carbonyl (C=O) groups is 1. The summed E-state index contributed by atoms with van der Waals surface area (Å²) in [6, 6.07) is 7.23. The van der Waals surface area contributed by atoms with Crippen LogP contribution in [0.1, 0.15) is 29.3 Å². The van der Waals surface area contributed by atoms with Gasteiger partial charge in [0.15, 0.2) is 6.29 Å². The molecule has 0 atom stereocenters. The first kappa shape index (κ1) is 18.6. The van der Waals surface area contributed by atoms with Crippen molar-refractivity contribution in [3.8, 4) is 23.0 Å². The number of hydrogen-bond acceptors (Lipinski definition) is 6. The first-order valence-electron chi connectivity index (χ1n) is 8.47. The second kappa shape index (κ2) is 8.93. The third kappa shape index (κ3) is 4.31. The highest BCUT2D eigenvalue weighted by atomic mass is 16.5. The molecule has 0 aliphatic rings. The SMILES string of the molecule is C[CH]C[CH]n1nccc1-c1ncccc1COc1cnc(OC)cc1C=O. The van der Waals surface area contributed by atoms with Crippen molar-refractivity contribution < 1.29 is 14.3 Å². The van der Waals surface area contributed by atoms with E-state index in [9.17, 15) is 4.79 Å². The van der Waals surface area contributed by atoms with E-state index in [1.807, 2.05) is 38.1 Å². The molecule has 0 bridgehead atoms. The molecule has 0 aromatic carbocycles. The second-order valence-corrected chi connectivity index (χ2v) is 5.67. The first-order valence-corrected chi connectivity index (χ1v) is 8.47. The summed E-state index contributed by atoms with van der Waals surface area (Å²) in [6.45, 7) is 4.21. The van der Waals surface area contributed by atoms with Crippen LogP contribution in [0.5, 0.6) is 11.6 Å². The van der Waals surface area contributed by atoms with Crippen LogP contribution in [-0.4, -0.2) is 33.1 Å². The van der Waals surface area contributed by atoms with E-state index in [1.54, 1.807) is 17.1 Å². The summed E-state index contributed by atoms with van der Waals surface area (Å²) >= 11 is 0. The third-order valence-electron chi connectivity index (χ3n) is 3.91. The van der Waals surface area contributed by atoms with Crippen LogP contribution in [0.2, 0.25) is 0 Å². The molecule has 0 N–H and O–H groups in total. The van der Waals surface area contributed by atoms with Gasteiger partial charge in [-0.15, -0.1) is 0 Å². The van der Waals surface area contributed by atoms with E-state index in [2.05, 4.69) is 15.1 Å². The van der Waals surface area contributed by atoms with E-state index < -0.39 is 0 Å². The average Bonchev–Trinajstić information content (AvgIpc) is 3.19. The van der Waals surface area contributed by atoms with Gasteiger partial charge in [-0.2, -0.15) is 5.10 Å².